The van der Waals surface area contributed by atoms with E-state index in [2.05, 4.69) is 4.74 Å². The number of hydrogen-bond acceptors (Lipinski definition) is 6. The number of carbonyl (C=O) groups excluding carboxylic acids is 3. The van der Waals surface area contributed by atoms with E-state index in [-0.39, 0.29) is 16.5 Å². The van der Waals surface area contributed by atoms with E-state index in [0.717, 1.165) is 28.3 Å². The molecule has 0 bridgehead atoms. The van der Waals surface area contributed by atoms with Crippen molar-refractivity contribution >= 4 is 46.6 Å². The summed E-state index contributed by atoms with van der Waals surface area (Å²) in [4.78, 5) is 37.9. The van der Waals surface area contributed by atoms with Crippen LogP contribution in [0.25, 0.3) is 17.4 Å². The zero-order valence-corrected chi connectivity index (χ0v) is 18.2. The zero-order valence-electron chi connectivity index (χ0n) is 16.6. The largest absolute Gasteiger partial charge is 0.465 e. The van der Waals surface area contributed by atoms with Gasteiger partial charge in [-0.1, -0.05) is 29.8 Å². The van der Waals surface area contributed by atoms with Crippen LogP contribution in [0, 0.1) is 5.82 Å². The van der Waals surface area contributed by atoms with Gasteiger partial charge in [-0.15, -0.1) is 0 Å². The minimum atomic E-state index is -0.499. The molecule has 32 heavy (non-hydrogen) atoms. The van der Waals surface area contributed by atoms with Crippen molar-refractivity contribution in [3.63, 3.8) is 0 Å². The predicted molar refractivity (Wildman–Crippen MR) is 118 cm³/mol. The number of methoxy groups -OCH3 is 1. The summed E-state index contributed by atoms with van der Waals surface area (Å²) in [5.74, 6) is -0.496. The molecule has 1 aliphatic heterocycles. The SMILES string of the molecule is COC(=O)c1ccc(-c2ccc(/C=C3\SC(=O)N(Cc4ccc(F)cc4Cl)C3=O)o2)cc1. The summed E-state index contributed by atoms with van der Waals surface area (Å²) in [5.41, 5.74) is 1.61. The second-order valence-corrected chi connectivity index (χ2v) is 8.17. The van der Waals surface area contributed by atoms with Crippen LogP contribution in [-0.4, -0.2) is 29.1 Å². The van der Waals surface area contributed by atoms with Crippen LogP contribution in [0.15, 0.2) is 63.9 Å². The number of benzene rings is 2. The van der Waals surface area contributed by atoms with Crippen LogP contribution < -0.4 is 0 Å². The Morgan fingerprint density at radius 2 is 1.91 bits per heavy atom. The minimum absolute atomic E-state index is 0.0585. The van der Waals surface area contributed by atoms with Gasteiger partial charge in [0.15, 0.2) is 0 Å². The number of hydrogen-bond donors (Lipinski definition) is 0. The molecule has 0 spiro atoms. The number of thioether (sulfide) groups is 1. The van der Waals surface area contributed by atoms with Crippen LogP contribution in [0.3, 0.4) is 0 Å². The monoisotopic (exact) mass is 471 g/mol. The first-order chi connectivity index (χ1) is 15.4. The van der Waals surface area contributed by atoms with E-state index in [1.165, 1.54) is 25.3 Å². The first-order valence-corrected chi connectivity index (χ1v) is 10.5. The molecule has 4 rings (SSSR count). The Hall–Kier alpha value is -3.36. The van der Waals surface area contributed by atoms with Crippen molar-refractivity contribution in [2.24, 2.45) is 0 Å². The van der Waals surface area contributed by atoms with Gasteiger partial charge in [-0.25, -0.2) is 9.18 Å². The standard InChI is InChI=1S/C23H15ClFNO5S/c1-30-22(28)14-4-2-13(3-5-14)19-9-8-17(31-19)11-20-21(27)26(23(29)32-20)12-15-6-7-16(25)10-18(15)24/h2-11H,12H2,1H3/b20-11-. The van der Waals surface area contributed by atoms with Crippen LogP contribution in [0.5, 0.6) is 0 Å². The van der Waals surface area contributed by atoms with E-state index in [4.69, 9.17) is 16.0 Å². The highest BCUT2D eigenvalue weighted by atomic mass is 35.5. The average Bonchev–Trinajstić information content (AvgIpc) is 3.35. The quantitative estimate of drug-likeness (QED) is 0.347. The number of rotatable bonds is 5. The summed E-state index contributed by atoms with van der Waals surface area (Å²) in [7, 11) is 1.31. The van der Waals surface area contributed by atoms with E-state index in [0.29, 0.717) is 22.6 Å². The molecule has 0 atom stereocenters. The molecule has 0 aliphatic carbocycles. The fraction of sp³-hybridized carbons (Fsp3) is 0.0870. The number of imide groups is 1. The van der Waals surface area contributed by atoms with Gasteiger partial charge in [0.1, 0.15) is 17.3 Å². The van der Waals surface area contributed by atoms with Crippen molar-refractivity contribution in [3.8, 4) is 11.3 Å². The molecule has 3 aromatic rings. The van der Waals surface area contributed by atoms with Gasteiger partial charge in [0, 0.05) is 16.7 Å². The Kier molecular flexibility index (Phi) is 6.16. The summed E-state index contributed by atoms with van der Waals surface area (Å²) in [6, 6.07) is 13.9. The molecule has 1 fully saturated rings. The third-order valence-corrected chi connectivity index (χ3v) is 5.97. The number of carbonyl (C=O) groups is 3. The van der Waals surface area contributed by atoms with Gasteiger partial charge in [-0.2, -0.15) is 0 Å². The Labute approximate surface area is 191 Å². The number of furan rings is 1. The van der Waals surface area contributed by atoms with Gasteiger partial charge in [0.05, 0.1) is 24.1 Å². The van der Waals surface area contributed by atoms with Crippen LogP contribution in [0.2, 0.25) is 5.02 Å². The molecule has 6 nitrogen and oxygen atoms in total. The van der Waals surface area contributed by atoms with Crippen LogP contribution in [-0.2, 0) is 16.1 Å². The summed E-state index contributed by atoms with van der Waals surface area (Å²) in [5, 5.41) is -0.311. The van der Waals surface area contributed by atoms with Crippen molar-refractivity contribution in [3.05, 3.63) is 87.2 Å². The van der Waals surface area contributed by atoms with Gasteiger partial charge < -0.3 is 9.15 Å². The molecule has 2 aromatic carbocycles. The fourth-order valence-corrected chi connectivity index (χ4v) is 4.11. The molecule has 9 heteroatoms. The van der Waals surface area contributed by atoms with E-state index >= 15 is 0 Å². The molecule has 1 aliphatic rings. The highest BCUT2D eigenvalue weighted by Crippen LogP contribution is 2.35. The summed E-state index contributed by atoms with van der Waals surface area (Å²) in [6.45, 7) is -0.0585. The van der Waals surface area contributed by atoms with Gasteiger partial charge in [0.2, 0.25) is 0 Å². The van der Waals surface area contributed by atoms with Gasteiger partial charge in [-0.3, -0.25) is 14.5 Å². The molecule has 0 unspecified atom stereocenters. The number of esters is 1. The van der Waals surface area contributed by atoms with E-state index in [1.54, 1.807) is 36.4 Å². The molecule has 2 amide bonds. The molecular formula is C23H15ClFNO5S. The highest BCUT2D eigenvalue weighted by molar-refractivity contribution is 8.18. The number of ether oxygens (including phenoxy) is 1. The lowest BCUT2D eigenvalue weighted by Gasteiger charge is -2.13. The molecule has 162 valence electrons. The Morgan fingerprint density at radius 3 is 2.59 bits per heavy atom. The Bertz CT molecular complexity index is 1250. The molecule has 0 radical (unpaired) electrons. The van der Waals surface area contributed by atoms with Crippen molar-refractivity contribution in [2.45, 2.75) is 6.54 Å². The fourth-order valence-electron chi connectivity index (χ4n) is 3.06. The van der Waals surface area contributed by atoms with Crippen molar-refractivity contribution in [1.29, 1.82) is 0 Å². The van der Waals surface area contributed by atoms with Crippen LogP contribution in [0.1, 0.15) is 21.7 Å². The lowest BCUT2D eigenvalue weighted by Crippen LogP contribution is -2.27. The predicted octanol–water partition coefficient (Wildman–Crippen LogP) is 5.76. The maximum Gasteiger partial charge on any atom is 0.337 e. The van der Waals surface area contributed by atoms with Crippen molar-refractivity contribution in [2.75, 3.05) is 7.11 Å². The number of halogens is 2. The average molecular weight is 472 g/mol. The normalized spacial score (nSPS) is 15.0. The summed E-state index contributed by atoms with van der Waals surface area (Å²) >= 11 is 6.80. The topological polar surface area (TPSA) is 76.8 Å². The number of amides is 2. The van der Waals surface area contributed by atoms with Crippen molar-refractivity contribution in [1.82, 2.24) is 4.90 Å². The van der Waals surface area contributed by atoms with Gasteiger partial charge in [0.25, 0.3) is 11.1 Å². The second kappa shape index (κ2) is 9.02. The second-order valence-electron chi connectivity index (χ2n) is 6.77. The lowest BCUT2D eigenvalue weighted by molar-refractivity contribution is -0.123. The highest BCUT2D eigenvalue weighted by Gasteiger charge is 2.35. The van der Waals surface area contributed by atoms with E-state index < -0.39 is 22.9 Å². The minimum Gasteiger partial charge on any atom is -0.465 e. The summed E-state index contributed by atoms with van der Waals surface area (Å²) < 4.78 is 23.7. The van der Waals surface area contributed by atoms with Gasteiger partial charge >= 0.3 is 5.97 Å². The Balaban J connectivity index is 1.51. The molecule has 0 N–H and O–H groups in total. The molecular weight excluding hydrogens is 457 g/mol. The molecule has 1 saturated heterocycles. The molecule has 1 aromatic heterocycles. The van der Waals surface area contributed by atoms with Gasteiger partial charge in [-0.05, 0) is 53.7 Å². The maximum atomic E-state index is 13.2. The summed E-state index contributed by atoms with van der Waals surface area (Å²) in [6.07, 6.45) is 1.49. The third kappa shape index (κ3) is 4.46. The van der Waals surface area contributed by atoms with E-state index in [1.807, 2.05) is 0 Å². The first-order valence-electron chi connectivity index (χ1n) is 9.33. The van der Waals surface area contributed by atoms with E-state index in [9.17, 15) is 18.8 Å². The Morgan fingerprint density at radius 1 is 1.16 bits per heavy atom. The number of nitrogens with zero attached hydrogens (tertiary/aromatic N) is 1. The molecule has 2 heterocycles. The van der Waals surface area contributed by atoms with Crippen LogP contribution in [0.4, 0.5) is 9.18 Å². The first kappa shape index (κ1) is 21.9. The van der Waals surface area contributed by atoms with Crippen molar-refractivity contribution < 1.29 is 27.9 Å². The zero-order chi connectivity index (χ0) is 22.8. The van der Waals surface area contributed by atoms with Crippen LogP contribution >= 0.6 is 23.4 Å². The maximum absolute atomic E-state index is 13.2. The smallest absolute Gasteiger partial charge is 0.337 e. The lowest BCUT2D eigenvalue weighted by atomic mass is 10.1. The third-order valence-electron chi connectivity index (χ3n) is 4.71. The molecule has 0 saturated carbocycles.